The third kappa shape index (κ3) is 2.74. The summed E-state index contributed by atoms with van der Waals surface area (Å²) < 4.78 is 0.654. The zero-order chi connectivity index (χ0) is 14.2. The van der Waals surface area contributed by atoms with Gasteiger partial charge in [-0.05, 0) is 50.5 Å². The van der Waals surface area contributed by atoms with Gasteiger partial charge in [0.2, 0.25) is 0 Å². The number of carbonyl (C=O) groups excluding carboxylic acids is 1. The molecule has 0 aromatic heterocycles. The van der Waals surface area contributed by atoms with E-state index in [9.17, 15) is 4.79 Å². The van der Waals surface area contributed by atoms with Crippen molar-refractivity contribution in [1.29, 1.82) is 0 Å². The van der Waals surface area contributed by atoms with Gasteiger partial charge in [0.05, 0.1) is 4.91 Å². The van der Waals surface area contributed by atoms with Crippen LogP contribution in [0.5, 0.6) is 0 Å². The molecule has 1 amide bonds. The Morgan fingerprint density at radius 1 is 1.26 bits per heavy atom. The summed E-state index contributed by atoms with van der Waals surface area (Å²) in [6, 6.07) is 4.28. The van der Waals surface area contributed by atoms with Crippen molar-refractivity contribution in [3.63, 3.8) is 0 Å². The van der Waals surface area contributed by atoms with E-state index < -0.39 is 0 Å². The Morgan fingerprint density at radius 2 is 1.84 bits per heavy atom. The van der Waals surface area contributed by atoms with Gasteiger partial charge in [0.1, 0.15) is 4.32 Å². The van der Waals surface area contributed by atoms with Gasteiger partial charge in [-0.25, -0.2) is 0 Å². The van der Waals surface area contributed by atoms with Crippen molar-refractivity contribution in [2.45, 2.75) is 27.7 Å². The van der Waals surface area contributed by atoms with Crippen LogP contribution in [0, 0.1) is 20.8 Å². The monoisotopic (exact) mass is 291 g/mol. The Balaban J connectivity index is 2.43. The number of benzene rings is 1. The first kappa shape index (κ1) is 14.3. The molecule has 0 bridgehead atoms. The van der Waals surface area contributed by atoms with Crippen LogP contribution in [0.15, 0.2) is 17.0 Å². The van der Waals surface area contributed by atoms with Crippen molar-refractivity contribution in [1.82, 2.24) is 4.90 Å². The minimum Gasteiger partial charge on any atom is -0.293 e. The lowest BCUT2D eigenvalue weighted by atomic mass is 9.99. The summed E-state index contributed by atoms with van der Waals surface area (Å²) >= 11 is 6.62. The van der Waals surface area contributed by atoms with Gasteiger partial charge >= 0.3 is 0 Å². The molecule has 1 fully saturated rings. The summed E-state index contributed by atoms with van der Waals surface area (Å²) in [4.78, 5) is 14.6. The Bertz CT molecular complexity index is 567. The van der Waals surface area contributed by atoms with E-state index in [-0.39, 0.29) is 5.91 Å². The maximum absolute atomic E-state index is 12.2. The number of hydrogen-bond acceptors (Lipinski definition) is 3. The SMILES string of the molecule is CCN1C(=O)C(=Cc2c(C)cc(C)cc2C)SC1=S. The maximum atomic E-state index is 12.2. The number of thioether (sulfide) groups is 1. The molecule has 0 spiro atoms. The molecule has 0 atom stereocenters. The first-order chi connectivity index (χ1) is 8.93. The van der Waals surface area contributed by atoms with Crippen LogP contribution in [0.2, 0.25) is 0 Å². The second kappa shape index (κ2) is 5.47. The lowest BCUT2D eigenvalue weighted by Gasteiger charge is -2.10. The van der Waals surface area contributed by atoms with Gasteiger partial charge < -0.3 is 0 Å². The fourth-order valence-electron chi connectivity index (χ4n) is 2.32. The van der Waals surface area contributed by atoms with Gasteiger partial charge in [-0.3, -0.25) is 9.69 Å². The zero-order valence-electron chi connectivity index (χ0n) is 11.6. The van der Waals surface area contributed by atoms with Gasteiger partial charge in [-0.2, -0.15) is 0 Å². The lowest BCUT2D eigenvalue weighted by Crippen LogP contribution is -2.27. The fraction of sp³-hybridized carbons (Fsp3) is 0.333. The molecule has 0 unspecified atom stereocenters. The Labute approximate surface area is 123 Å². The van der Waals surface area contributed by atoms with Crippen LogP contribution in [0.3, 0.4) is 0 Å². The molecule has 19 heavy (non-hydrogen) atoms. The highest BCUT2D eigenvalue weighted by Crippen LogP contribution is 2.33. The number of rotatable bonds is 2. The van der Waals surface area contributed by atoms with E-state index in [1.54, 1.807) is 4.90 Å². The van der Waals surface area contributed by atoms with Gasteiger partial charge in [0, 0.05) is 6.54 Å². The highest BCUT2D eigenvalue weighted by atomic mass is 32.2. The Hall–Kier alpha value is -1.13. The fourth-order valence-corrected chi connectivity index (χ4v) is 3.69. The smallest absolute Gasteiger partial charge is 0.266 e. The van der Waals surface area contributed by atoms with Crippen LogP contribution in [-0.2, 0) is 4.79 Å². The molecule has 1 heterocycles. The van der Waals surface area contributed by atoms with Gasteiger partial charge in [0.15, 0.2) is 0 Å². The molecule has 2 rings (SSSR count). The van der Waals surface area contributed by atoms with E-state index in [0.717, 1.165) is 10.5 Å². The highest BCUT2D eigenvalue weighted by molar-refractivity contribution is 8.26. The number of thiocarbonyl (C=S) groups is 1. The molecule has 4 heteroatoms. The van der Waals surface area contributed by atoms with Crippen LogP contribution < -0.4 is 0 Å². The summed E-state index contributed by atoms with van der Waals surface area (Å²) in [5.74, 6) is 0.0249. The summed E-state index contributed by atoms with van der Waals surface area (Å²) in [6.45, 7) is 8.81. The third-order valence-electron chi connectivity index (χ3n) is 3.20. The van der Waals surface area contributed by atoms with E-state index in [1.807, 2.05) is 13.0 Å². The van der Waals surface area contributed by atoms with Gasteiger partial charge in [-0.1, -0.05) is 41.7 Å². The lowest BCUT2D eigenvalue weighted by molar-refractivity contribution is -0.121. The van der Waals surface area contributed by atoms with Gasteiger partial charge in [-0.15, -0.1) is 0 Å². The summed E-state index contributed by atoms with van der Waals surface area (Å²) in [7, 11) is 0. The second-order valence-electron chi connectivity index (χ2n) is 4.74. The largest absolute Gasteiger partial charge is 0.293 e. The Morgan fingerprint density at radius 3 is 2.32 bits per heavy atom. The standard InChI is InChI=1S/C15H17NOS2/c1-5-16-14(17)13(19-15(16)18)8-12-10(3)6-9(2)7-11(12)4/h6-8H,5H2,1-4H3. The minimum absolute atomic E-state index is 0.0249. The van der Waals surface area contributed by atoms with Crippen molar-refractivity contribution in [3.8, 4) is 0 Å². The molecule has 0 aliphatic carbocycles. The number of carbonyl (C=O) groups is 1. The molecule has 0 radical (unpaired) electrons. The molecule has 2 nitrogen and oxygen atoms in total. The quantitative estimate of drug-likeness (QED) is 0.610. The molecule has 1 saturated heterocycles. The van der Waals surface area contributed by atoms with Crippen LogP contribution in [0.25, 0.3) is 6.08 Å². The third-order valence-corrected chi connectivity index (χ3v) is 4.58. The van der Waals surface area contributed by atoms with E-state index in [2.05, 4.69) is 32.9 Å². The topological polar surface area (TPSA) is 20.3 Å². The van der Waals surface area contributed by atoms with Crippen LogP contribution in [0.4, 0.5) is 0 Å². The molecule has 0 saturated carbocycles. The van der Waals surface area contributed by atoms with E-state index in [0.29, 0.717) is 10.9 Å². The van der Waals surface area contributed by atoms with Crippen molar-refractivity contribution in [2.75, 3.05) is 6.54 Å². The van der Waals surface area contributed by atoms with E-state index in [4.69, 9.17) is 12.2 Å². The molecule has 1 aliphatic heterocycles. The number of likely N-dealkylation sites (N-methyl/N-ethyl adjacent to an activating group) is 1. The minimum atomic E-state index is 0.0249. The molecule has 1 aromatic rings. The normalized spacial score (nSPS) is 17.7. The first-order valence-electron chi connectivity index (χ1n) is 6.27. The van der Waals surface area contributed by atoms with Crippen molar-refractivity contribution in [2.24, 2.45) is 0 Å². The van der Waals surface area contributed by atoms with Crippen molar-refractivity contribution >= 4 is 40.3 Å². The van der Waals surface area contributed by atoms with Crippen molar-refractivity contribution in [3.05, 3.63) is 39.3 Å². The summed E-state index contributed by atoms with van der Waals surface area (Å²) in [5, 5.41) is 0. The number of aryl methyl sites for hydroxylation is 3. The van der Waals surface area contributed by atoms with E-state index >= 15 is 0 Å². The Kier molecular flexibility index (Phi) is 4.11. The summed E-state index contributed by atoms with van der Waals surface area (Å²) in [5.41, 5.74) is 4.76. The average molecular weight is 291 g/mol. The van der Waals surface area contributed by atoms with Crippen LogP contribution in [0.1, 0.15) is 29.2 Å². The van der Waals surface area contributed by atoms with Crippen LogP contribution >= 0.6 is 24.0 Å². The molecule has 1 aromatic carbocycles. The molecule has 100 valence electrons. The number of hydrogen-bond donors (Lipinski definition) is 0. The highest BCUT2D eigenvalue weighted by Gasteiger charge is 2.30. The number of nitrogens with zero attached hydrogens (tertiary/aromatic N) is 1. The van der Waals surface area contributed by atoms with Crippen molar-refractivity contribution < 1.29 is 4.79 Å². The zero-order valence-corrected chi connectivity index (χ0v) is 13.2. The second-order valence-corrected chi connectivity index (χ2v) is 6.41. The summed E-state index contributed by atoms with van der Waals surface area (Å²) in [6.07, 6.45) is 1.97. The predicted molar refractivity (Wildman–Crippen MR) is 86.2 cm³/mol. The molecule has 0 N–H and O–H groups in total. The molecular weight excluding hydrogens is 274 g/mol. The predicted octanol–water partition coefficient (Wildman–Crippen LogP) is 3.83. The average Bonchev–Trinajstić information content (AvgIpc) is 2.58. The maximum Gasteiger partial charge on any atom is 0.266 e. The molecular formula is C15H17NOS2. The van der Waals surface area contributed by atoms with Gasteiger partial charge in [0.25, 0.3) is 5.91 Å². The molecule has 1 aliphatic rings. The van der Waals surface area contributed by atoms with E-state index in [1.165, 1.54) is 28.5 Å². The first-order valence-corrected chi connectivity index (χ1v) is 7.49. The number of amides is 1. The van der Waals surface area contributed by atoms with Crippen LogP contribution in [-0.4, -0.2) is 21.7 Å².